The largest absolute Gasteiger partial charge is 0.281 e. The van der Waals surface area contributed by atoms with Crippen LogP contribution in [-0.2, 0) is 16.1 Å². The molecule has 0 N–H and O–H groups in total. The molecule has 5 nitrogen and oxygen atoms in total. The van der Waals surface area contributed by atoms with Gasteiger partial charge in [-0.1, -0.05) is 60.7 Å². The van der Waals surface area contributed by atoms with Crippen molar-refractivity contribution < 1.29 is 9.59 Å². The van der Waals surface area contributed by atoms with Crippen molar-refractivity contribution >= 4 is 11.8 Å². The third-order valence-corrected chi connectivity index (χ3v) is 5.10. The van der Waals surface area contributed by atoms with Gasteiger partial charge in [-0.3, -0.25) is 14.5 Å². The number of hydrazine groups is 1. The van der Waals surface area contributed by atoms with Gasteiger partial charge in [0, 0.05) is 13.1 Å². The van der Waals surface area contributed by atoms with Gasteiger partial charge >= 0.3 is 0 Å². The summed E-state index contributed by atoms with van der Waals surface area (Å²) < 4.78 is 0. The number of nitrogens with zero attached hydrogens (tertiary/aromatic N) is 3. The maximum absolute atomic E-state index is 13.1. The highest BCUT2D eigenvalue weighted by atomic mass is 16.2. The Bertz CT molecular complexity index is 778. The van der Waals surface area contributed by atoms with Gasteiger partial charge in [0.1, 0.15) is 0 Å². The third-order valence-electron chi connectivity index (χ3n) is 5.10. The van der Waals surface area contributed by atoms with E-state index in [4.69, 9.17) is 0 Å². The van der Waals surface area contributed by atoms with Crippen LogP contribution in [0.4, 0.5) is 0 Å². The molecule has 2 amide bonds. The van der Waals surface area contributed by atoms with Gasteiger partial charge in [0.2, 0.25) is 0 Å². The monoisotopic (exact) mass is 349 g/mol. The highest BCUT2D eigenvalue weighted by molar-refractivity contribution is 5.87. The van der Waals surface area contributed by atoms with Crippen molar-refractivity contribution in [2.24, 2.45) is 0 Å². The zero-order valence-corrected chi connectivity index (χ0v) is 14.8. The molecule has 1 unspecified atom stereocenters. The predicted molar refractivity (Wildman–Crippen MR) is 98.7 cm³/mol. The van der Waals surface area contributed by atoms with E-state index in [0.717, 1.165) is 24.0 Å². The first kappa shape index (κ1) is 16.8. The lowest BCUT2D eigenvalue weighted by Crippen LogP contribution is -2.54. The molecule has 2 aromatic carbocycles. The van der Waals surface area contributed by atoms with Gasteiger partial charge < -0.3 is 0 Å². The molecule has 0 aromatic heterocycles. The summed E-state index contributed by atoms with van der Waals surface area (Å²) in [4.78, 5) is 27.9. The molecule has 134 valence electrons. The Kier molecular flexibility index (Phi) is 4.71. The molecule has 0 spiro atoms. The fourth-order valence-corrected chi connectivity index (χ4v) is 3.92. The second-order valence-electron chi connectivity index (χ2n) is 6.95. The Morgan fingerprint density at radius 3 is 2.23 bits per heavy atom. The van der Waals surface area contributed by atoms with E-state index < -0.39 is 0 Å². The first-order chi connectivity index (χ1) is 12.7. The van der Waals surface area contributed by atoms with E-state index in [1.165, 1.54) is 0 Å². The number of benzene rings is 2. The van der Waals surface area contributed by atoms with Crippen LogP contribution in [0.2, 0.25) is 0 Å². The van der Waals surface area contributed by atoms with Crippen molar-refractivity contribution in [1.82, 2.24) is 14.9 Å². The summed E-state index contributed by atoms with van der Waals surface area (Å²) in [6.07, 6.45) is 1.80. The van der Waals surface area contributed by atoms with Gasteiger partial charge in [-0.05, 0) is 24.0 Å². The minimum absolute atomic E-state index is 0.000309. The molecule has 1 atom stereocenters. The Hall–Kier alpha value is -2.66. The number of rotatable bonds is 3. The summed E-state index contributed by atoms with van der Waals surface area (Å²) in [5.41, 5.74) is 2.21. The van der Waals surface area contributed by atoms with Crippen molar-refractivity contribution in [3.8, 4) is 0 Å². The summed E-state index contributed by atoms with van der Waals surface area (Å²) in [7, 11) is 0. The minimum Gasteiger partial charge on any atom is -0.281 e. The number of carbonyl (C=O) groups excluding carboxylic acids is 2. The Morgan fingerprint density at radius 2 is 1.50 bits per heavy atom. The van der Waals surface area contributed by atoms with E-state index in [0.29, 0.717) is 13.1 Å². The van der Waals surface area contributed by atoms with Crippen LogP contribution in [0.5, 0.6) is 0 Å². The average Bonchev–Trinajstić information content (AvgIpc) is 2.80. The van der Waals surface area contributed by atoms with Crippen LogP contribution in [0, 0.1) is 0 Å². The van der Waals surface area contributed by atoms with E-state index in [1.807, 2.05) is 65.6 Å². The lowest BCUT2D eigenvalue weighted by molar-refractivity contribution is -0.171. The number of amides is 2. The molecule has 2 aliphatic heterocycles. The molecule has 0 radical (unpaired) electrons. The molecular weight excluding hydrogens is 326 g/mol. The van der Waals surface area contributed by atoms with Gasteiger partial charge in [0.25, 0.3) is 11.8 Å². The summed E-state index contributed by atoms with van der Waals surface area (Å²) in [6.45, 7) is 1.77. The molecule has 2 heterocycles. The van der Waals surface area contributed by atoms with E-state index in [1.54, 1.807) is 10.0 Å². The highest BCUT2D eigenvalue weighted by Crippen LogP contribution is 2.33. The lowest BCUT2D eigenvalue weighted by atomic mass is 9.99. The van der Waals surface area contributed by atoms with Crippen LogP contribution in [-0.4, -0.2) is 46.4 Å². The van der Waals surface area contributed by atoms with E-state index in [9.17, 15) is 9.59 Å². The third kappa shape index (κ3) is 3.35. The SMILES string of the molecule is O=C1CN(Cc2ccccc2)CC(=O)N2C(c3ccccc3)CCCN12. The minimum atomic E-state index is -0.0573. The first-order valence-corrected chi connectivity index (χ1v) is 9.16. The van der Waals surface area contributed by atoms with Crippen molar-refractivity contribution in [2.45, 2.75) is 25.4 Å². The van der Waals surface area contributed by atoms with Crippen molar-refractivity contribution in [1.29, 1.82) is 0 Å². The van der Waals surface area contributed by atoms with Crippen LogP contribution < -0.4 is 0 Å². The smallest absolute Gasteiger partial charge is 0.255 e. The summed E-state index contributed by atoms with van der Waals surface area (Å²) in [6, 6.07) is 20.0. The number of hydrogen-bond donors (Lipinski definition) is 0. The second kappa shape index (κ2) is 7.30. The molecule has 2 aromatic rings. The standard InChI is InChI=1S/C21H23N3O2/c25-20-15-22(14-17-8-3-1-4-9-17)16-21(26)24-19(12-7-13-23(20)24)18-10-5-2-6-11-18/h1-6,8-11,19H,7,12-16H2. The Balaban J connectivity index is 1.59. The van der Waals surface area contributed by atoms with E-state index >= 15 is 0 Å². The van der Waals surface area contributed by atoms with Gasteiger partial charge in [-0.25, -0.2) is 10.0 Å². The molecule has 0 aliphatic carbocycles. The fraction of sp³-hybridized carbons (Fsp3) is 0.333. The number of carbonyl (C=O) groups is 2. The molecule has 0 saturated carbocycles. The molecule has 4 rings (SSSR count). The zero-order chi connectivity index (χ0) is 17.9. The van der Waals surface area contributed by atoms with E-state index in [-0.39, 0.29) is 30.9 Å². The van der Waals surface area contributed by atoms with Crippen LogP contribution in [0.25, 0.3) is 0 Å². The van der Waals surface area contributed by atoms with Crippen molar-refractivity contribution in [2.75, 3.05) is 19.6 Å². The van der Waals surface area contributed by atoms with Gasteiger partial charge in [-0.15, -0.1) is 0 Å². The first-order valence-electron chi connectivity index (χ1n) is 9.16. The Labute approximate surface area is 153 Å². The van der Waals surface area contributed by atoms with Gasteiger partial charge in [0.05, 0.1) is 19.1 Å². The molecule has 2 saturated heterocycles. The molecule has 5 heteroatoms. The maximum atomic E-state index is 13.1. The van der Waals surface area contributed by atoms with Crippen molar-refractivity contribution in [3.05, 3.63) is 71.8 Å². The van der Waals surface area contributed by atoms with E-state index in [2.05, 4.69) is 0 Å². The normalized spacial score (nSPS) is 21.5. The quantitative estimate of drug-likeness (QED) is 0.856. The summed E-state index contributed by atoms with van der Waals surface area (Å²) in [5.74, 6) is 0.00717. The summed E-state index contributed by atoms with van der Waals surface area (Å²) in [5, 5.41) is 3.39. The molecule has 26 heavy (non-hydrogen) atoms. The number of hydrogen-bond acceptors (Lipinski definition) is 3. The average molecular weight is 349 g/mol. The van der Waals surface area contributed by atoms with Gasteiger partial charge in [0.15, 0.2) is 0 Å². The molecular formula is C21H23N3O2. The topological polar surface area (TPSA) is 43.9 Å². The predicted octanol–water partition coefficient (Wildman–Crippen LogP) is 2.61. The second-order valence-corrected chi connectivity index (χ2v) is 6.95. The lowest BCUT2D eigenvalue weighted by Gasteiger charge is -2.43. The molecule has 2 aliphatic rings. The Morgan fingerprint density at radius 1 is 0.846 bits per heavy atom. The van der Waals surface area contributed by atoms with Crippen LogP contribution in [0.15, 0.2) is 60.7 Å². The van der Waals surface area contributed by atoms with Crippen molar-refractivity contribution in [3.63, 3.8) is 0 Å². The van der Waals surface area contributed by atoms with Gasteiger partial charge in [-0.2, -0.15) is 0 Å². The molecule has 0 bridgehead atoms. The maximum Gasteiger partial charge on any atom is 0.255 e. The number of fused-ring (bicyclic) bond motifs is 1. The zero-order valence-electron chi connectivity index (χ0n) is 14.8. The fourth-order valence-electron chi connectivity index (χ4n) is 3.92. The highest BCUT2D eigenvalue weighted by Gasteiger charge is 2.39. The van der Waals surface area contributed by atoms with Crippen LogP contribution in [0.1, 0.15) is 30.0 Å². The van der Waals surface area contributed by atoms with Crippen LogP contribution in [0.3, 0.4) is 0 Å². The summed E-state index contributed by atoms with van der Waals surface area (Å²) >= 11 is 0. The molecule has 2 fully saturated rings. The van der Waals surface area contributed by atoms with Crippen LogP contribution >= 0.6 is 0 Å².